The predicted octanol–water partition coefficient (Wildman–Crippen LogP) is 1.01. The SMILES string of the molecule is N#CCN1CCC2(CCOCC2)C1. The first kappa shape index (κ1) is 8.98. The number of hydrogen-bond acceptors (Lipinski definition) is 3. The van der Waals surface area contributed by atoms with Crippen LogP contribution in [0.2, 0.25) is 0 Å². The average molecular weight is 180 g/mol. The molecule has 2 aliphatic rings. The summed E-state index contributed by atoms with van der Waals surface area (Å²) >= 11 is 0. The van der Waals surface area contributed by atoms with E-state index in [1.165, 1.54) is 19.3 Å². The fraction of sp³-hybridized carbons (Fsp3) is 0.900. The van der Waals surface area contributed by atoms with E-state index in [1.54, 1.807) is 0 Å². The minimum atomic E-state index is 0.495. The van der Waals surface area contributed by atoms with Gasteiger partial charge in [-0.3, -0.25) is 4.90 Å². The lowest BCUT2D eigenvalue weighted by atomic mass is 9.80. The van der Waals surface area contributed by atoms with Gasteiger partial charge < -0.3 is 4.74 Å². The second-order valence-electron chi connectivity index (χ2n) is 4.23. The molecule has 2 rings (SSSR count). The number of nitriles is 1. The number of likely N-dealkylation sites (tertiary alicyclic amines) is 1. The van der Waals surface area contributed by atoms with E-state index < -0.39 is 0 Å². The van der Waals surface area contributed by atoms with Crippen LogP contribution in [0.25, 0.3) is 0 Å². The maximum atomic E-state index is 8.60. The molecule has 2 fully saturated rings. The molecule has 2 aliphatic heterocycles. The van der Waals surface area contributed by atoms with E-state index in [9.17, 15) is 0 Å². The van der Waals surface area contributed by atoms with Crippen molar-refractivity contribution in [3.05, 3.63) is 0 Å². The van der Waals surface area contributed by atoms with Gasteiger partial charge in [0.05, 0.1) is 12.6 Å². The largest absolute Gasteiger partial charge is 0.381 e. The van der Waals surface area contributed by atoms with Gasteiger partial charge in [0, 0.05) is 19.8 Å². The van der Waals surface area contributed by atoms with E-state index in [4.69, 9.17) is 10.00 Å². The highest BCUT2D eigenvalue weighted by Gasteiger charge is 2.38. The maximum Gasteiger partial charge on any atom is 0.0866 e. The minimum absolute atomic E-state index is 0.495. The van der Waals surface area contributed by atoms with Crippen molar-refractivity contribution in [3.8, 4) is 6.07 Å². The van der Waals surface area contributed by atoms with Crippen LogP contribution in [0.3, 0.4) is 0 Å². The van der Waals surface area contributed by atoms with Gasteiger partial charge >= 0.3 is 0 Å². The van der Waals surface area contributed by atoms with E-state index in [0.717, 1.165) is 26.3 Å². The van der Waals surface area contributed by atoms with Crippen molar-refractivity contribution in [2.24, 2.45) is 5.41 Å². The highest BCUT2D eigenvalue weighted by atomic mass is 16.5. The van der Waals surface area contributed by atoms with E-state index >= 15 is 0 Å². The third-order valence-corrected chi connectivity index (χ3v) is 3.37. The fourth-order valence-corrected chi connectivity index (χ4v) is 2.48. The first-order valence-corrected chi connectivity index (χ1v) is 5.02. The molecule has 1 spiro atoms. The first-order valence-electron chi connectivity index (χ1n) is 5.02. The maximum absolute atomic E-state index is 8.60. The molecule has 0 aromatic carbocycles. The third kappa shape index (κ3) is 1.84. The molecule has 3 heteroatoms. The molecule has 0 bridgehead atoms. The highest BCUT2D eigenvalue weighted by Crippen LogP contribution is 2.39. The van der Waals surface area contributed by atoms with Crippen molar-refractivity contribution < 1.29 is 4.74 Å². The van der Waals surface area contributed by atoms with E-state index in [1.807, 2.05) is 0 Å². The standard InChI is InChI=1S/C10H16N2O/c11-4-6-12-5-1-10(9-12)2-7-13-8-3-10/h1-3,5-9H2. The van der Waals surface area contributed by atoms with Crippen LogP contribution in [-0.4, -0.2) is 37.7 Å². The molecule has 0 unspecified atom stereocenters. The average Bonchev–Trinajstić information content (AvgIpc) is 2.51. The van der Waals surface area contributed by atoms with Crippen LogP contribution in [-0.2, 0) is 4.74 Å². The Labute approximate surface area is 79.3 Å². The van der Waals surface area contributed by atoms with Crippen LogP contribution in [0.15, 0.2) is 0 Å². The van der Waals surface area contributed by atoms with E-state index in [2.05, 4.69) is 11.0 Å². The predicted molar refractivity (Wildman–Crippen MR) is 49.2 cm³/mol. The number of nitrogens with zero attached hydrogens (tertiary/aromatic N) is 2. The van der Waals surface area contributed by atoms with Crippen LogP contribution >= 0.6 is 0 Å². The minimum Gasteiger partial charge on any atom is -0.381 e. The smallest absolute Gasteiger partial charge is 0.0866 e. The summed E-state index contributed by atoms with van der Waals surface area (Å²) in [7, 11) is 0. The molecule has 72 valence electrons. The monoisotopic (exact) mass is 180 g/mol. The zero-order valence-corrected chi connectivity index (χ0v) is 7.96. The first-order chi connectivity index (χ1) is 6.35. The van der Waals surface area contributed by atoms with Gasteiger partial charge in [-0.05, 0) is 31.2 Å². The summed E-state index contributed by atoms with van der Waals surface area (Å²) < 4.78 is 5.37. The number of ether oxygens (including phenoxy) is 1. The van der Waals surface area contributed by atoms with Crippen LogP contribution in [0.5, 0.6) is 0 Å². The topological polar surface area (TPSA) is 36.3 Å². The summed E-state index contributed by atoms with van der Waals surface area (Å²) in [5.74, 6) is 0. The summed E-state index contributed by atoms with van der Waals surface area (Å²) in [6, 6.07) is 2.23. The van der Waals surface area contributed by atoms with Crippen molar-refractivity contribution in [2.45, 2.75) is 19.3 Å². The molecule has 0 radical (unpaired) electrons. The summed E-state index contributed by atoms with van der Waals surface area (Å²) in [4.78, 5) is 2.27. The Hall–Kier alpha value is -0.590. The molecule has 0 saturated carbocycles. The van der Waals surface area contributed by atoms with Gasteiger partial charge in [-0.2, -0.15) is 5.26 Å². The summed E-state index contributed by atoms with van der Waals surface area (Å²) in [5, 5.41) is 8.60. The van der Waals surface area contributed by atoms with Crippen LogP contribution < -0.4 is 0 Å². The van der Waals surface area contributed by atoms with Crippen LogP contribution in [0, 0.1) is 16.7 Å². The molecule has 0 atom stereocenters. The molecular weight excluding hydrogens is 164 g/mol. The van der Waals surface area contributed by atoms with Crippen molar-refractivity contribution >= 4 is 0 Å². The summed E-state index contributed by atoms with van der Waals surface area (Å²) in [5.41, 5.74) is 0.495. The van der Waals surface area contributed by atoms with Crippen molar-refractivity contribution in [2.75, 3.05) is 32.8 Å². The fourth-order valence-electron chi connectivity index (χ4n) is 2.48. The Balaban J connectivity index is 1.91. The molecule has 2 heterocycles. The van der Waals surface area contributed by atoms with Crippen LogP contribution in [0.1, 0.15) is 19.3 Å². The molecule has 13 heavy (non-hydrogen) atoms. The molecular formula is C10H16N2O. The highest BCUT2D eigenvalue weighted by molar-refractivity contribution is 4.93. The Morgan fingerprint density at radius 1 is 1.31 bits per heavy atom. The summed E-state index contributed by atoms with van der Waals surface area (Å²) in [6.45, 7) is 4.65. The number of hydrogen-bond donors (Lipinski definition) is 0. The van der Waals surface area contributed by atoms with Crippen LogP contribution in [0.4, 0.5) is 0 Å². The molecule has 0 N–H and O–H groups in total. The van der Waals surface area contributed by atoms with Crippen molar-refractivity contribution in [1.82, 2.24) is 4.90 Å². The zero-order valence-electron chi connectivity index (χ0n) is 7.96. The lowest BCUT2D eigenvalue weighted by Gasteiger charge is -2.33. The lowest BCUT2D eigenvalue weighted by Crippen LogP contribution is -2.33. The van der Waals surface area contributed by atoms with Gasteiger partial charge in [-0.15, -0.1) is 0 Å². The lowest BCUT2D eigenvalue weighted by molar-refractivity contribution is 0.0200. The van der Waals surface area contributed by atoms with E-state index in [0.29, 0.717) is 12.0 Å². The van der Waals surface area contributed by atoms with Gasteiger partial charge in [0.25, 0.3) is 0 Å². The van der Waals surface area contributed by atoms with Gasteiger partial charge in [0.15, 0.2) is 0 Å². The van der Waals surface area contributed by atoms with Gasteiger partial charge in [-0.25, -0.2) is 0 Å². The molecule has 0 aliphatic carbocycles. The van der Waals surface area contributed by atoms with Gasteiger partial charge in [0.2, 0.25) is 0 Å². The zero-order chi connectivity index (χ0) is 9.15. The van der Waals surface area contributed by atoms with Gasteiger partial charge in [-0.1, -0.05) is 0 Å². The molecule has 0 aromatic heterocycles. The number of rotatable bonds is 1. The second-order valence-corrected chi connectivity index (χ2v) is 4.23. The summed E-state index contributed by atoms with van der Waals surface area (Å²) in [6.07, 6.45) is 3.64. The Morgan fingerprint density at radius 2 is 2.08 bits per heavy atom. The molecule has 0 aromatic rings. The molecule has 0 amide bonds. The Kier molecular flexibility index (Phi) is 2.52. The van der Waals surface area contributed by atoms with Gasteiger partial charge in [0.1, 0.15) is 0 Å². The Bertz CT molecular complexity index is 215. The molecule has 3 nitrogen and oxygen atoms in total. The Morgan fingerprint density at radius 3 is 2.77 bits per heavy atom. The van der Waals surface area contributed by atoms with Crippen molar-refractivity contribution in [1.29, 1.82) is 5.26 Å². The normalized spacial score (nSPS) is 27.6. The quantitative estimate of drug-likeness (QED) is 0.565. The second kappa shape index (κ2) is 3.65. The van der Waals surface area contributed by atoms with Crippen molar-refractivity contribution in [3.63, 3.8) is 0 Å². The third-order valence-electron chi connectivity index (χ3n) is 3.37. The molecule has 2 saturated heterocycles. The van der Waals surface area contributed by atoms with E-state index in [-0.39, 0.29) is 0 Å².